The Morgan fingerprint density at radius 2 is 2.06 bits per heavy atom. The molecule has 18 heavy (non-hydrogen) atoms. The number of aryl methyl sites for hydroxylation is 1. The van der Waals surface area contributed by atoms with E-state index in [1.807, 2.05) is 6.92 Å². The lowest BCUT2D eigenvalue weighted by Gasteiger charge is -2.10. The number of rotatable bonds is 2. The lowest BCUT2D eigenvalue weighted by atomic mass is 10.0. The van der Waals surface area contributed by atoms with Crippen molar-refractivity contribution in [2.24, 2.45) is 0 Å². The van der Waals surface area contributed by atoms with Crippen LogP contribution >= 0.6 is 15.9 Å². The van der Waals surface area contributed by atoms with Crippen LogP contribution in [0, 0.1) is 13.8 Å². The number of phenols is 1. The highest BCUT2D eigenvalue weighted by molar-refractivity contribution is 9.10. The van der Waals surface area contributed by atoms with E-state index in [1.165, 1.54) is 6.07 Å². The van der Waals surface area contributed by atoms with E-state index in [9.17, 15) is 9.90 Å². The second-order valence-electron chi connectivity index (χ2n) is 4.00. The van der Waals surface area contributed by atoms with Crippen LogP contribution in [0.15, 0.2) is 16.6 Å². The minimum Gasteiger partial charge on any atom is -0.507 e. The molecule has 0 unspecified atom stereocenters. The predicted octanol–water partition coefficient (Wildman–Crippen LogP) is 2.86. The lowest BCUT2D eigenvalue weighted by molar-refractivity contribution is 0.0690. The summed E-state index contributed by atoms with van der Waals surface area (Å²) >= 11 is 3.40. The fraction of sp³-hybridized carbons (Fsp3) is 0.167. The number of carbonyl (C=O) groups is 1. The van der Waals surface area contributed by atoms with E-state index >= 15 is 0 Å². The van der Waals surface area contributed by atoms with Crippen LogP contribution in [0.4, 0.5) is 0 Å². The topological polar surface area (TPSA) is 86.2 Å². The number of aromatic nitrogens is 2. The Morgan fingerprint density at radius 1 is 1.39 bits per heavy atom. The van der Waals surface area contributed by atoms with Gasteiger partial charge in [-0.1, -0.05) is 15.9 Å². The SMILES string of the molecule is Cc1cc(Br)c(C)c(-c2cc(C(=O)O)[nH]n2)c1O. The van der Waals surface area contributed by atoms with Gasteiger partial charge in [0.2, 0.25) is 0 Å². The predicted molar refractivity (Wildman–Crippen MR) is 69.8 cm³/mol. The molecule has 1 aromatic heterocycles. The van der Waals surface area contributed by atoms with Crippen molar-refractivity contribution in [3.8, 4) is 17.0 Å². The highest BCUT2D eigenvalue weighted by atomic mass is 79.9. The number of aromatic hydroxyl groups is 1. The number of halogens is 1. The molecule has 0 spiro atoms. The van der Waals surface area contributed by atoms with Crippen molar-refractivity contribution in [3.63, 3.8) is 0 Å². The molecule has 0 aliphatic rings. The largest absolute Gasteiger partial charge is 0.507 e. The van der Waals surface area contributed by atoms with Crippen LogP contribution in [-0.4, -0.2) is 26.4 Å². The number of hydrogen-bond donors (Lipinski definition) is 3. The minimum atomic E-state index is -1.09. The Hall–Kier alpha value is -1.82. The molecule has 0 saturated heterocycles. The molecule has 1 heterocycles. The third kappa shape index (κ3) is 1.99. The Bertz CT molecular complexity index is 608. The Balaban J connectivity index is 2.66. The van der Waals surface area contributed by atoms with E-state index in [0.717, 1.165) is 10.0 Å². The monoisotopic (exact) mass is 310 g/mol. The third-order valence-corrected chi connectivity index (χ3v) is 3.57. The zero-order valence-electron chi connectivity index (χ0n) is 9.78. The highest BCUT2D eigenvalue weighted by Gasteiger charge is 2.17. The molecular formula is C12H11BrN2O3. The van der Waals surface area contributed by atoms with Crippen LogP contribution in [0.25, 0.3) is 11.3 Å². The molecule has 1 aromatic carbocycles. The van der Waals surface area contributed by atoms with Gasteiger partial charge in [-0.3, -0.25) is 5.10 Å². The maximum absolute atomic E-state index is 10.8. The summed E-state index contributed by atoms with van der Waals surface area (Å²) in [5, 5.41) is 25.3. The first-order valence-corrected chi connectivity index (χ1v) is 5.99. The van der Waals surface area contributed by atoms with Gasteiger partial charge in [0.05, 0.1) is 5.69 Å². The van der Waals surface area contributed by atoms with E-state index in [0.29, 0.717) is 16.8 Å². The third-order valence-electron chi connectivity index (χ3n) is 2.75. The van der Waals surface area contributed by atoms with Crippen molar-refractivity contribution < 1.29 is 15.0 Å². The van der Waals surface area contributed by atoms with E-state index < -0.39 is 5.97 Å². The Morgan fingerprint density at radius 3 is 2.61 bits per heavy atom. The zero-order chi connectivity index (χ0) is 13.4. The average Bonchev–Trinajstić information content (AvgIpc) is 2.76. The van der Waals surface area contributed by atoms with Gasteiger partial charge in [0.1, 0.15) is 11.4 Å². The van der Waals surface area contributed by atoms with E-state index in [-0.39, 0.29) is 11.4 Å². The molecule has 0 saturated carbocycles. The van der Waals surface area contributed by atoms with Crippen LogP contribution in [-0.2, 0) is 0 Å². The number of H-pyrrole nitrogens is 1. The van der Waals surface area contributed by atoms with Gasteiger partial charge in [0, 0.05) is 10.0 Å². The molecule has 0 amide bonds. The fourth-order valence-electron chi connectivity index (χ4n) is 1.73. The molecule has 0 atom stereocenters. The molecular weight excluding hydrogens is 300 g/mol. The number of aromatic amines is 1. The fourth-order valence-corrected chi connectivity index (χ4v) is 2.28. The molecule has 0 aliphatic carbocycles. The van der Waals surface area contributed by atoms with E-state index in [4.69, 9.17) is 5.11 Å². The number of carboxylic acid groups (broad SMARTS) is 1. The molecule has 2 aromatic rings. The standard InChI is InChI=1S/C12H11BrN2O3/c1-5-3-7(13)6(2)10(11(5)16)8-4-9(12(17)18)15-14-8/h3-4,16H,1-2H3,(H,14,15)(H,17,18). The van der Waals surface area contributed by atoms with Gasteiger partial charge < -0.3 is 10.2 Å². The quantitative estimate of drug-likeness (QED) is 0.796. The molecule has 0 aliphatic heterocycles. The number of hydrogen-bond acceptors (Lipinski definition) is 3. The maximum Gasteiger partial charge on any atom is 0.353 e. The number of nitrogens with one attached hydrogen (secondary N) is 1. The first-order valence-electron chi connectivity index (χ1n) is 5.19. The van der Waals surface area contributed by atoms with Gasteiger partial charge in [-0.25, -0.2) is 4.79 Å². The highest BCUT2D eigenvalue weighted by Crippen LogP contribution is 2.38. The van der Waals surface area contributed by atoms with Gasteiger partial charge in [0.25, 0.3) is 0 Å². The summed E-state index contributed by atoms with van der Waals surface area (Å²) in [6, 6.07) is 3.20. The van der Waals surface area contributed by atoms with Crippen LogP contribution < -0.4 is 0 Å². The van der Waals surface area contributed by atoms with Crippen LogP contribution in [0.2, 0.25) is 0 Å². The molecule has 0 radical (unpaired) electrons. The van der Waals surface area contributed by atoms with E-state index in [2.05, 4.69) is 26.1 Å². The molecule has 3 N–H and O–H groups in total. The summed E-state index contributed by atoms with van der Waals surface area (Å²) in [4.78, 5) is 10.8. The van der Waals surface area contributed by atoms with Crippen molar-refractivity contribution in [2.45, 2.75) is 13.8 Å². The summed E-state index contributed by atoms with van der Waals surface area (Å²) in [6.07, 6.45) is 0. The number of carboxylic acids is 1. The van der Waals surface area contributed by atoms with Crippen molar-refractivity contribution in [2.75, 3.05) is 0 Å². The summed E-state index contributed by atoms with van der Waals surface area (Å²) in [7, 11) is 0. The molecule has 6 heteroatoms. The molecule has 2 rings (SSSR count). The van der Waals surface area contributed by atoms with Gasteiger partial charge in [-0.15, -0.1) is 0 Å². The van der Waals surface area contributed by atoms with Crippen molar-refractivity contribution in [3.05, 3.63) is 33.4 Å². The second kappa shape index (κ2) is 4.45. The van der Waals surface area contributed by atoms with Crippen molar-refractivity contribution in [1.82, 2.24) is 10.2 Å². The number of aromatic carboxylic acids is 1. The van der Waals surface area contributed by atoms with Gasteiger partial charge in [-0.2, -0.15) is 5.10 Å². The number of phenolic OH excluding ortho intramolecular Hbond substituents is 1. The minimum absolute atomic E-state index is 0.0126. The Labute approximate surface area is 112 Å². The zero-order valence-corrected chi connectivity index (χ0v) is 11.4. The van der Waals surface area contributed by atoms with Crippen LogP contribution in [0.1, 0.15) is 21.6 Å². The van der Waals surface area contributed by atoms with Crippen molar-refractivity contribution >= 4 is 21.9 Å². The van der Waals surface area contributed by atoms with Gasteiger partial charge >= 0.3 is 5.97 Å². The number of benzene rings is 1. The summed E-state index contributed by atoms with van der Waals surface area (Å²) < 4.78 is 0.840. The summed E-state index contributed by atoms with van der Waals surface area (Å²) in [5.41, 5.74) is 2.43. The van der Waals surface area contributed by atoms with Crippen LogP contribution in [0.5, 0.6) is 5.75 Å². The average molecular weight is 311 g/mol. The molecule has 94 valence electrons. The molecule has 5 nitrogen and oxygen atoms in total. The van der Waals surface area contributed by atoms with Crippen LogP contribution in [0.3, 0.4) is 0 Å². The van der Waals surface area contributed by atoms with E-state index in [1.54, 1.807) is 13.0 Å². The van der Waals surface area contributed by atoms with Crippen molar-refractivity contribution in [1.29, 1.82) is 0 Å². The first-order chi connectivity index (χ1) is 8.41. The summed E-state index contributed by atoms with van der Waals surface area (Å²) in [6.45, 7) is 3.60. The first kappa shape index (κ1) is 12.6. The Kier molecular flexibility index (Phi) is 3.13. The molecule has 0 bridgehead atoms. The second-order valence-corrected chi connectivity index (χ2v) is 4.85. The van der Waals surface area contributed by atoms with Gasteiger partial charge in [0.15, 0.2) is 0 Å². The van der Waals surface area contributed by atoms with Gasteiger partial charge in [-0.05, 0) is 37.1 Å². The number of nitrogens with zero attached hydrogens (tertiary/aromatic N) is 1. The lowest BCUT2D eigenvalue weighted by Crippen LogP contribution is -1.95. The molecule has 0 fully saturated rings. The normalized spacial score (nSPS) is 10.6. The summed E-state index contributed by atoms with van der Waals surface area (Å²) in [5.74, 6) is -0.975. The smallest absolute Gasteiger partial charge is 0.353 e. The maximum atomic E-state index is 10.8.